The maximum Gasteiger partial charge on any atom is 0.244 e. The Morgan fingerprint density at radius 2 is 2.22 bits per heavy atom. The number of H-pyrrole nitrogens is 1. The monoisotopic (exact) mass is 273 g/mol. The molecule has 0 amide bonds. The zero-order valence-corrected chi connectivity index (χ0v) is 10.4. The molecule has 0 radical (unpaired) electrons. The van der Waals surface area contributed by atoms with Gasteiger partial charge < -0.3 is 10.9 Å². The minimum atomic E-state index is -3.73. The van der Waals surface area contributed by atoms with Gasteiger partial charge in [0.2, 0.25) is 10.0 Å². The third kappa shape index (κ3) is 2.18. The van der Waals surface area contributed by atoms with Crippen LogP contribution >= 0.6 is 0 Å². The first-order valence-electron chi connectivity index (χ1n) is 5.51. The van der Waals surface area contributed by atoms with E-state index in [2.05, 4.69) is 20.1 Å². The minimum Gasteiger partial charge on any atom is -0.409 e. The Kier molecular flexibility index (Phi) is 3.26. The molecule has 1 saturated carbocycles. The topological polar surface area (TPSA) is 133 Å². The molecule has 5 N–H and O–H groups in total. The van der Waals surface area contributed by atoms with Crippen LogP contribution in [0.3, 0.4) is 0 Å². The van der Waals surface area contributed by atoms with E-state index in [1.54, 1.807) is 0 Å². The Bertz CT molecular complexity index is 531. The maximum absolute atomic E-state index is 12.1. The Balaban J connectivity index is 2.31. The van der Waals surface area contributed by atoms with Gasteiger partial charge >= 0.3 is 0 Å². The Hall–Kier alpha value is -1.61. The molecular weight excluding hydrogens is 258 g/mol. The van der Waals surface area contributed by atoms with Gasteiger partial charge in [0.05, 0.1) is 11.7 Å². The van der Waals surface area contributed by atoms with Crippen LogP contribution in [0, 0.1) is 0 Å². The van der Waals surface area contributed by atoms with Crippen LogP contribution in [0.25, 0.3) is 0 Å². The summed E-state index contributed by atoms with van der Waals surface area (Å²) < 4.78 is 26.7. The van der Waals surface area contributed by atoms with Gasteiger partial charge in [-0.3, -0.25) is 5.10 Å². The van der Waals surface area contributed by atoms with Gasteiger partial charge in [-0.05, 0) is 12.8 Å². The van der Waals surface area contributed by atoms with Crippen LogP contribution in [0.5, 0.6) is 0 Å². The van der Waals surface area contributed by atoms with E-state index < -0.39 is 15.6 Å². The molecule has 1 aliphatic carbocycles. The number of sulfonamides is 1. The summed E-state index contributed by atoms with van der Waals surface area (Å²) in [7, 11) is -3.73. The van der Waals surface area contributed by atoms with Crippen LogP contribution in [0.15, 0.2) is 22.4 Å². The van der Waals surface area contributed by atoms with E-state index in [1.807, 2.05) is 0 Å². The number of nitrogens with zero attached hydrogens (tertiary/aromatic N) is 2. The molecule has 18 heavy (non-hydrogen) atoms. The molecule has 1 aliphatic rings. The summed E-state index contributed by atoms with van der Waals surface area (Å²) in [4.78, 5) is 0.0273. The number of aromatic amines is 1. The van der Waals surface area contributed by atoms with Gasteiger partial charge in [0.25, 0.3) is 0 Å². The van der Waals surface area contributed by atoms with Crippen molar-refractivity contribution in [2.45, 2.75) is 36.1 Å². The average molecular weight is 273 g/mol. The molecule has 0 bridgehead atoms. The highest BCUT2D eigenvalue weighted by Gasteiger charge is 2.42. The quantitative estimate of drug-likeness (QED) is 0.260. The molecule has 9 heteroatoms. The van der Waals surface area contributed by atoms with E-state index in [0.717, 1.165) is 12.8 Å². The summed E-state index contributed by atoms with van der Waals surface area (Å²) in [5, 5.41) is 17.8. The van der Waals surface area contributed by atoms with E-state index in [4.69, 9.17) is 10.9 Å². The van der Waals surface area contributed by atoms with Crippen LogP contribution in [0.4, 0.5) is 0 Å². The number of amidine groups is 1. The van der Waals surface area contributed by atoms with Crippen LogP contribution in [-0.4, -0.2) is 35.2 Å². The molecule has 0 atom stereocenters. The molecule has 0 aromatic carbocycles. The molecule has 0 unspecified atom stereocenters. The zero-order chi connectivity index (χ0) is 13.2. The highest BCUT2D eigenvalue weighted by atomic mass is 32.2. The Morgan fingerprint density at radius 1 is 1.56 bits per heavy atom. The van der Waals surface area contributed by atoms with Crippen molar-refractivity contribution in [1.82, 2.24) is 14.9 Å². The van der Waals surface area contributed by atoms with Gasteiger partial charge in [-0.25, -0.2) is 8.42 Å². The number of hydrogen-bond acceptors (Lipinski definition) is 5. The summed E-state index contributed by atoms with van der Waals surface area (Å²) >= 11 is 0. The highest BCUT2D eigenvalue weighted by molar-refractivity contribution is 7.89. The maximum atomic E-state index is 12.1. The number of hydrogen-bond donors (Lipinski definition) is 4. The largest absolute Gasteiger partial charge is 0.409 e. The Labute approximate surface area is 104 Å². The first-order valence-corrected chi connectivity index (χ1v) is 6.99. The van der Waals surface area contributed by atoms with Crippen molar-refractivity contribution >= 4 is 15.9 Å². The molecule has 0 aliphatic heterocycles. The number of nitrogens with two attached hydrogens (primary N) is 1. The lowest BCUT2D eigenvalue weighted by atomic mass is 9.98. The van der Waals surface area contributed by atoms with Gasteiger partial charge in [0, 0.05) is 6.20 Å². The van der Waals surface area contributed by atoms with Gasteiger partial charge in [0.1, 0.15) is 4.90 Å². The third-order valence-corrected chi connectivity index (χ3v) is 4.67. The normalized spacial score (nSPS) is 20.1. The number of aromatic nitrogens is 2. The summed E-state index contributed by atoms with van der Waals surface area (Å²) in [6.07, 6.45) is 5.16. The molecule has 2 rings (SSSR count). The first kappa shape index (κ1) is 12.8. The fourth-order valence-corrected chi connectivity index (χ4v) is 3.53. The van der Waals surface area contributed by atoms with E-state index in [9.17, 15) is 8.42 Å². The molecule has 100 valence electrons. The lowest BCUT2D eigenvalue weighted by molar-refractivity contribution is 0.309. The van der Waals surface area contributed by atoms with Gasteiger partial charge in [-0.1, -0.05) is 18.0 Å². The fourth-order valence-electron chi connectivity index (χ4n) is 2.19. The lowest BCUT2D eigenvalue weighted by Crippen LogP contribution is -2.55. The van der Waals surface area contributed by atoms with E-state index in [-0.39, 0.29) is 10.7 Å². The smallest absolute Gasteiger partial charge is 0.244 e. The van der Waals surface area contributed by atoms with E-state index in [1.165, 1.54) is 12.4 Å². The van der Waals surface area contributed by atoms with Crippen molar-refractivity contribution in [2.75, 3.05) is 0 Å². The molecule has 1 aromatic heterocycles. The van der Waals surface area contributed by atoms with Gasteiger partial charge in [-0.15, -0.1) is 0 Å². The predicted octanol–water partition coefficient (Wildman–Crippen LogP) is -0.253. The molecule has 0 saturated heterocycles. The van der Waals surface area contributed by atoms with Crippen molar-refractivity contribution in [3.05, 3.63) is 12.4 Å². The average Bonchev–Trinajstić information content (AvgIpc) is 2.98. The summed E-state index contributed by atoms with van der Waals surface area (Å²) in [5.41, 5.74) is 4.63. The van der Waals surface area contributed by atoms with Crippen LogP contribution < -0.4 is 10.5 Å². The first-order chi connectivity index (χ1) is 8.50. The molecule has 0 spiro atoms. The number of rotatable bonds is 4. The van der Waals surface area contributed by atoms with E-state index in [0.29, 0.717) is 12.8 Å². The van der Waals surface area contributed by atoms with Gasteiger partial charge in [0.15, 0.2) is 5.84 Å². The third-order valence-electron chi connectivity index (χ3n) is 3.17. The molecular formula is C9H15N5O3S. The van der Waals surface area contributed by atoms with Crippen molar-refractivity contribution in [2.24, 2.45) is 10.9 Å². The van der Waals surface area contributed by atoms with E-state index >= 15 is 0 Å². The van der Waals surface area contributed by atoms with Gasteiger partial charge in [-0.2, -0.15) is 9.82 Å². The lowest BCUT2D eigenvalue weighted by Gasteiger charge is -2.27. The van der Waals surface area contributed by atoms with Crippen molar-refractivity contribution in [3.8, 4) is 0 Å². The summed E-state index contributed by atoms with van der Waals surface area (Å²) in [5.74, 6) is -0.105. The Morgan fingerprint density at radius 3 is 2.72 bits per heavy atom. The fraction of sp³-hybridized carbons (Fsp3) is 0.556. The number of nitrogens with one attached hydrogen (secondary N) is 2. The van der Waals surface area contributed by atoms with Crippen molar-refractivity contribution in [3.63, 3.8) is 0 Å². The summed E-state index contributed by atoms with van der Waals surface area (Å²) in [6, 6.07) is 0. The molecule has 1 aromatic rings. The standard InChI is InChI=1S/C9H15N5O3S/c10-8(13-15)9(3-1-2-4-9)14-18(16,17)7-5-11-12-6-7/h5-6,14-15H,1-4H2,(H2,10,13)(H,11,12). The summed E-state index contributed by atoms with van der Waals surface area (Å²) in [6.45, 7) is 0. The minimum absolute atomic E-state index is 0.0273. The molecule has 1 heterocycles. The van der Waals surface area contributed by atoms with Crippen LogP contribution in [0.2, 0.25) is 0 Å². The predicted molar refractivity (Wildman–Crippen MR) is 63.5 cm³/mol. The molecule has 8 nitrogen and oxygen atoms in total. The highest BCUT2D eigenvalue weighted by Crippen LogP contribution is 2.31. The van der Waals surface area contributed by atoms with Crippen molar-refractivity contribution < 1.29 is 13.6 Å². The number of oxime groups is 1. The second kappa shape index (κ2) is 4.58. The van der Waals surface area contributed by atoms with Crippen LogP contribution in [-0.2, 0) is 10.0 Å². The van der Waals surface area contributed by atoms with Crippen molar-refractivity contribution in [1.29, 1.82) is 0 Å². The molecule has 1 fully saturated rings. The zero-order valence-electron chi connectivity index (χ0n) is 9.63. The second-order valence-corrected chi connectivity index (χ2v) is 6.00. The second-order valence-electron chi connectivity index (χ2n) is 4.31. The SMILES string of the molecule is N/C(=N/O)C1(NS(=O)(=O)c2cn[nH]c2)CCCC1. The van der Waals surface area contributed by atoms with Crippen LogP contribution in [0.1, 0.15) is 25.7 Å².